The predicted octanol–water partition coefficient (Wildman–Crippen LogP) is 1.22. The Morgan fingerprint density at radius 2 is 2.23 bits per heavy atom. The number of carbonyl (C=O) groups excluding carboxylic acids is 1. The maximum absolute atomic E-state index is 10.6. The van der Waals surface area contributed by atoms with E-state index >= 15 is 0 Å². The summed E-state index contributed by atoms with van der Waals surface area (Å²) in [5.74, 6) is -0.215. The zero-order valence-electron chi connectivity index (χ0n) is 6.66. The average molecular weight is 202 g/mol. The van der Waals surface area contributed by atoms with Crippen molar-refractivity contribution in [3.05, 3.63) is 29.3 Å². The number of nitrogens with one attached hydrogen (secondary N) is 1. The molecule has 70 valence electrons. The number of carbonyl (C=O) groups is 1. The Kier molecular flexibility index (Phi) is 3.54. The number of halogens is 1. The van der Waals surface area contributed by atoms with Gasteiger partial charge in [-0.3, -0.25) is 10.0 Å². The van der Waals surface area contributed by atoms with Gasteiger partial charge in [0.1, 0.15) is 5.75 Å². The average Bonchev–Trinajstić information content (AvgIpc) is 2.16. The molecule has 0 aliphatic rings. The summed E-state index contributed by atoms with van der Waals surface area (Å²) in [5, 5.41) is 8.59. The molecule has 0 radical (unpaired) electrons. The molecular formula is C8H8ClNO3. The molecule has 0 spiro atoms. The van der Waals surface area contributed by atoms with Crippen LogP contribution in [0.2, 0.25) is 5.02 Å². The highest BCUT2D eigenvalue weighted by Gasteiger charge is 2.02. The Labute approximate surface area is 80.0 Å². The molecule has 0 heterocycles. The van der Waals surface area contributed by atoms with Crippen LogP contribution in [-0.2, 0) is 4.79 Å². The first kappa shape index (κ1) is 9.83. The van der Waals surface area contributed by atoms with Crippen molar-refractivity contribution >= 4 is 17.5 Å². The monoisotopic (exact) mass is 201 g/mol. The number of hydrogen-bond donors (Lipinski definition) is 2. The molecular weight excluding hydrogens is 194 g/mol. The van der Waals surface area contributed by atoms with Gasteiger partial charge in [-0.2, -0.15) is 0 Å². The van der Waals surface area contributed by atoms with Crippen LogP contribution in [0.15, 0.2) is 24.3 Å². The Morgan fingerprint density at radius 1 is 1.54 bits per heavy atom. The molecule has 2 N–H and O–H groups in total. The van der Waals surface area contributed by atoms with Gasteiger partial charge in [-0.05, 0) is 12.1 Å². The van der Waals surface area contributed by atoms with Crippen molar-refractivity contribution in [2.75, 3.05) is 6.61 Å². The zero-order valence-corrected chi connectivity index (χ0v) is 7.41. The molecule has 0 fully saturated rings. The maximum atomic E-state index is 10.6. The van der Waals surface area contributed by atoms with Gasteiger partial charge in [0.05, 0.1) is 5.02 Å². The van der Waals surface area contributed by atoms with Crippen LogP contribution in [0.1, 0.15) is 0 Å². The number of amides is 1. The number of ether oxygens (including phenoxy) is 1. The van der Waals surface area contributed by atoms with E-state index in [4.69, 9.17) is 21.5 Å². The first-order chi connectivity index (χ1) is 6.24. The molecule has 0 aliphatic heterocycles. The lowest BCUT2D eigenvalue weighted by molar-refractivity contribution is -0.131. The van der Waals surface area contributed by atoms with Crippen molar-refractivity contribution in [2.45, 2.75) is 0 Å². The summed E-state index contributed by atoms with van der Waals surface area (Å²) < 4.78 is 4.99. The van der Waals surface area contributed by atoms with Gasteiger partial charge in [0.25, 0.3) is 5.91 Å². The molecule has 1 rings (SSSR count). The number of rotatable bonds is 3. The minimum Gasteiger partial charge on any atom is -0.482 e. The van der Waals surface area contributed by atoms with E-state index in [1.165, 1.54) is 5.48 Å². The Bertz CT molecular complexity index is 303. The van der Waals surface area contributed by atoms with Crippen molar-refractivity contribution in [3.63, 3.8) is 0 Å². The van der Waals surface area contributed by atoms with Crippen molar-refractivity contribution in [3.8, 4) is 5.75 Å². The van der Waals surface area contributed by atoms with Gasteiger partial charge in [0, 0.05) is 0 Å². The minimum absolute atomic E-state index is 0.264. The topological polar surface area (TPSA) is 58.6 Å². The third-order valence-corrected chi connectivity index (χ3v) is 1.63. The maximum Gasteiger partial charge on any atom is 0.281 e. The summed E-state index contributed by atoms with van der Waals surface area (Å²) in [4.78, 5) is 10.6. The highest BCUT2D eigenvalue weighted by molar-refractivity contribution is 6.32. The molecule has 0 aromatic heterocycles. The van der Waals surface area contributed by atoms with Gasteiger partial charge >= 0.3 is 0 Å². The third-order valence-electron chi connectivity index (χ3n) is 1.32. The van der Waals surface area contributed by atoms with Crippen LogP contribution in [0.3, 0.4) is 0 Å². The van der Waals surface area contributed by atoms with Gasteiger partial charge < -0.3 is 4.74 Å². The summed E-state index contributed by atoms with van der Waals surface area (Å²) in [5.41, 5.74) is 1.45. The summed E-state index contributed by atoms with van der Waals surface area (Å²) in [6.45, 7) is -0.264. The van der Waals surface area contributed by atoms with Gasteiger partial charge in [0.2, 0.25) is 0 Å². The smallest absolute Gasteiger partial charge is 0.281 e. The van der Waals surface area contributed by atoms with Crippen LogP contribution in [0.25, 0.3) is 0 Å². The summed E-state index contributed by atoms with van der Waals surface area (Å²) in [6.07, 6.45) is 0. The molecule has 1 aromatic carbocycles. The molecule has 0 atom stereocenters. The van der Waals surface area contributed by atoms with E-state index in [2.05, 4.69) is 0 Å². The van der Waals surface area contributed by atoms with E-state index in [0.29, 0.717) is 10.8 Å². The minimum atomic E-state index is -0.625. The van der Waals surface area contributed by atoms with Crippen LogP contribution in [0, 0.1) is 0 Å². The van der Waals surface area contributed by atoms with Crippen LogP contribution in [0.5, 0.6) is 5.75 Å². The Morgan fingerprint density at radius 3 is 2.85 bits per heavy atom. The lowest BCUT2D eigenvalue weighted by atomic mass is 10.3. The first-order valence-corrected chi connectivity index (χ1v) is 3.92. The molecule has 0 saturated carbocycles. The van der Waals surface area contributed by atoms with Crippen molar-refractivity contribution in [2.24, 2.45) is 0 Å². The molecule has 5 heteroatoms. The first-order valence-electron chi connectivity index (χ1n) is 3.54. The lowest BCUT2D eigenvalue weighted by Gasteiger charge is -2.05. The summed E-state index contributed by atoms with van der Waals surface area (Å²) >= 11 is 5.73. The van der Waals surface area contributed by atoms with E-state index < -0.39 is 5.91 Å². The second kappa shape index (κ2) is 4.69. The molecule has 4 nitrogen and oxygen atoms in total. The molecule has 0 aliphatic carbocycles. The molecule has 13 heavy (non-hydrogen) atoms. The van der Waals surface area contributed by atoms with Gasteiger partial charge in [-0.15, -0.1) is 0 Å². The Balaban J connectivity index is 2.54. The van der Waals surface area contributed by atoms with Crippen LogP contribution in [0.4, 0.5) is 0 Å². The van der Waals surface area contributed by atoms with E-state index in [1.54, 1.807) is 24.3 Å². The number of benzene rings is 1. The van der Waals surface area contributed by atoms with Crippen LogP contribution < -0.4 is 10.2 Å². The molecule has 0 bridgehead atoms. The summed E-state index contributed by atoms with van der Waals surface area (Å²) in [7, 11) is 0. The number of hydroxylamine groups is 1. The van der Waals surface area contributed by atoms with E-state index in [0.717, 1.165) is 0 Å². The third kappa shape index (κ3) is 2.93. The second-order valence-corrected chi connectivity index (χ2v) is 2.66. The molecule has 0 unspecified atom stereocenters. The van der Waals surface area contributed by atoms with Gasteiger partial charge in [-0.1, -0.05) is 23.7 Å². The molecule has 1 aromatic rings. The lowest BCUT2D eigenvalue weighted by Crippen LogP contribution is -2.25. The van der Waals surface area contributed by atoms with E-state index in [1.807, 2.05) is 0 Å². The van der Waals surface area contributed by atoms with Crippen molar-refractivity contribution in [1.82, 2.24) is 5.48 Å². The number of hydrogen-bond acceptors (Lipinski definition) is 3. The number of para-hydroxylation sites is 1. The summed E-state index contributed by atoms with van der Waals surface area (Å²) in [6, 6.07) is 6.76. The second-order valence-electron chi connectivity index (χ2n) is 2.25. The highest BCUT2D eigenvalue weighted by Crippen LogP contribution is 2.22. The standard InChI is InChI=1S/C8H8ClNO3/c9-6-3-1-2-4-7(6)13-5-8(11)10-12/h1-4,12H,5H2,(H,10,11). The predicted molar refractivity (Wildman–Crippen MR) is 46.9 cm³/mol. The SMILES string of the molecule is O=C(COc1ccccc1Cl)NO. The van der Waals surface area contributed by atoms with Crippen LogP contribution in [-0.4, -0.2) is 17.7 Å². The Hall–Kier alpha value is -1.26. The highest BCUT2D eigenvalue weighted by atomic mass is 35.5. The van der Waals surface area contributed by atoms with Gasteiger partial charge in [0.15, 0.2) is 6.61 Å². The quantitative estimate of drug-likeness (QED) is 0.571. The fraction of sp³-hybridized carbons (Fsp3) is 0.125. The molecule has 0 saturated heterocycles. The zero-order chi connectivity index (χ0) is 9.68. The van der Waals surface area contributed by atoms with E-state index in [-0.39, 0.29) is 6.61 Å². The fourth-order valence-electron chi connectivity index (χ4n) is 0.737. The largest absolute Gasteiger partial charge is 0.482 e. The van der Waals surface area contributed by atoms with Gasteiger partial charge in [-0.25, -0.2) is 5.48 Å². The van der Waals surface area contributed by atoms with Crippen molar-refractivity contribution in [1.29, 1.82) is 0 Å². The fourth-order valence-corrected chi connectivity index (χ4v) is 0.928. The normalized spacial score (nSPS) is 9.38. The van der Waals surface area contributed by atoms with Crippen molar-refractivity contribution < 1.29 is 14.7 Å². The van der Waals surface area contributed by atoms with E-state index in [9.17, 15) is 4.79 Å². The van der Waals surface area contributed by atoms with Crippen LogP contribution >= 0.6 is 11.6 Å². The molecule has 1 amide bonds.